The normalized spacial score (nSPS) is 13.9. The zero-order chi connectivity index (χ0) is 52.7. The second-order valence-electron chi connectivity index (χ2n) is 23.1. The molecule has 0 aliphatic heterocycles. The number of quaternary nitrogens is 1. The molecule has 0 heterocycles. The monoisotopic (exact) mass is 1040 g/mol. The van der Waals surface area contributed by atoms with E-state index in [1.54, 1.807) is 6.08 Å². The molecule has 3 unspecified atom stereocenters. The average molecular weight is 1040 g/mol. The summed E-state index contributed by atoms with van der Waals surface area (Å²) in [5, 5.41) is 13.8. The van der Waals surface area contributed by atoms with Gasteiger partial charge in [-0.15, -0.1) is 0 Å². The molecule has 0 fully saturated rings. The number of nitrogens with one attached hydrogen (secondary N) is 1. The Balaban J connectivity index is 3.76. The summed E-state index contributed by atoms with van der Waals surface area (Å²) in [5.41, 5.74) is 0. The van der Waals surface area contributed by atoms with E-state index in [2.05, 4.69) is 31.3 Å². The summed E-state index contributed by atoms with van der Waals surface area (Å²) in [7, 11) is 1.57. The van der Waals surface area contributed by atoms with Gasteiger partial charge in [-0.05, 0) is 32.1 Å². The first-order chi connectivity index (χ1) is 35.0. The van der Waals surface area contributed by atoms with Crippen LogP contribution in [0.15, 0.2) is 24.3 Å². The first kappa shape index (κ1) is 71.0. The van der Waals surface area contributed by atoms with Crippen LogP contribution < -0.4 is 5.32 Å². The topological polar surface area (TPSA) is 105 Å². The number of nitrogens with zero attached hydrogens (tertiary/aromatic N) is 1. The molecule has 0 spiro atoms. The molecule has 8 nitrogen and oxygen atoms in total. The summed E-state index contributed by atoms with van der Waals surface area (Å²) < 4.78 is 23.6. The second kappa shape index (κ2) is 54.8. The van der Waals surface area contributed by atoms with Gasteiger partial charge in [-0.25, -0.2) is 4.57 Å². The van der Waals surface area contributed by atoms with Crippen LogP contribution in [0.4, 0.5) is 0 Å². The fourth-order valence-corrected chi connectivity index (χ4v) is 10.4. The Kier molecular flexibility index (Phi) is 54.0. The Morgan fingerprint density at radius 1 is 0.458 bits per heavy atom. The molecule has 428 valence electrons. The van der Waals surface area contributed by atoms with Crippen LogP contribution in [-0.2, 0) is 18.4 Å². The van der Waals surface area contributed by atoms with Crippen molar-refractivity contribution in [3.63, 3.8) is 0 Å². The number of hydrogen-bond acceptors (Lipinski definition) is 5. The third-order valence-electron chi connectivity index (χ3n) is 14.7. The lowest BCUT2D eigenvalue weighted by Gasteiger charge is -2.25. The molecule has 0 bridgehead atoms. The largest absolute Gasteiger partial charge is 0.472 e. The molecule has 3 atom stereocenters. The van der Waals surface area contributed by atoms with Crippen LogP contribution in [0.5, 0.6) is 0 Å². The van der Waals surface area contributed by atoms with Crippen LogP contribution in [0, 0.1) is 0 Å². The molecule has 9 heteroatoms. The molecule has 3 N–H and O–H groups in total. The number of carbonyl (C=O) groups is 1. The molecule has 72 heavy (non-hydrogen) atoms. The Bertz CT molecular complexity index is 1220. The molecular formula is C63H126N2O6P+. The van der Waals surface area contributed by atoms with E-state index in [1.807, 2.05) is 27.2 Å². The van der Waals surface area contributed by atoms with Crippen LogP contribution in [0.2, 0.25) is 0 Å². The van der Waals surface area contributed by atoms with Crippen molar-refractivity contribution in [2.45, 2.75) is 334 Å². The van der Waals surface area contributed by atoms with Gasteiger partial charge < -0.3 is 19.8 Å². The lowest BCUT2D eigenvalue weighted by Crippen LogP contribution is -2.45. The highest BCUT2D eigenvalue weighted by Crippen LogP contribution is 2.43. The zero-order valence-corrected chi connectivity index (χ0v) is 49.8. The van der Waals surface area contributed by atoms with E-state index in [0.717, 1.165) is 38.5 Å². The molecule has 0 aromatic carbocycles. The number of aliphatic hydroxyl groups excluding tert-OH is 1. The average Bonchev–Trinajstić information content (AvgIpc) is 3.34. The van der Waals surface area contributed by atoms with Gasteiger partial charge in [0.2, 0.25) is 5.91 Å². The highest BCUT2D eigenvalue weighted by Gasteiger charge is 2.27. The lowest BCUT2D eigenvalue weighted by molar-refractivity contribution is -0.870. The van der Waals surface area contributed by atoms with Gasteiger partial charge in [0.15, 0.2) is 0 Å². The summed E-state index contributed by atoms with van der Waals surface area (Å²) >= 11 is 0. The predicted molar refractivity (Wildman–Crippen MR) is 314 cm³/mol. The molecule has 0 rings (SSSR count). The number of aliphatic hydroxyl groups is 1. The Hall–Kier alpha value is -1.02. The SMILES string of the molecule is CCCCCC/C=C/CC/C=C/C(O)C(COP(=O)(O)OCC[N+](C)(C)C)NC(=O)CCCCCCCCCCCCCCCCCCCCCCCCCCCCCCCCCCCCCCCCCC. The van der Waals surface area contributed by atoms with Gasteiger partial charge in [-0.2, -0.15) is 0 Å². The maximum Gasteiger partial charge on any atom is 0.472 e. The van der Waals surface area contributed by atoms with Crippen molar-refractivity contribution in [2.24, 2.45) is 0 Å². The van der Waals surface area contributed by atoms with Gasteiger partial charge in [-0.1, -0.05) is 308 Å². The number of allylic oxidation sites excluding steroid dienone is 3. The number of amides is 1. The highest BCUT2D eigenvalue weighted by molar-refractivity contribution is 7.47. The molecule has 0 saturated heterocycles. The van der Waals surface area contributed by atoms with Crippen molar-refractivity contribution in [1.29, 1.82) is 0 Å². The number of carbonyl (C=O) groups excluding carboxylic acids is 1. The van der Waals surface area contributed by atoms with Gasteiger partial charge in [0, 0.05) is 6.42 Å². The van der Waals surface area contributed by atoms with Crippen LogP contribution in [0.25, 0.3) is 0 Å². The molecule has 1 amide bonds. The number of likely N-dealkylation sites (N-methyl/N-ethyl adjacent to an activating group) is 1. The summed E-state index contributed by atoms with van der Waals surface area (Å²) in [6.07, 6.45) is 70.7. The highest BCUT2D eigenvalue weighted by atomic mass is 31.2. The summed E-state index contributed by atoms with van der Waals surface area (Å²) in [6, 6.07) is -0.858. The van der Waals surface area contributed by atoms with Crippen molar-refractivity contribution in [1.82, 2.24) is 5.32 Å². The second-order valence-corrected chi connectivity index (χ2v) is 24.6. The first-order valence-electron chi connectivity index (χ1n) is 31.7. The molecule has 0 saturated carbocycles. The smallest absolute Gasteiger partial charge is 0.387 e. The standard InChI is InChI=1S/C63H125N2O6P/c1-6-8-10-12-14-16-18-19-20-21-22-23-24-25-26-27-28-29-30-31-32-33-34-35-36-37-38-39-40-41-42-43-44-45-46-47-49-51-53-55-57-63(67)64-61(60-71-72(68,69)70-59-58-65(3,4)5)62(66)56-54-52-50-48-17-15-13-11-9-7-2/h17,48,54,56,61-62,66H,6-16,18-47,49-53,55,57-60H2,1-5H3,(H-,64,67,68,69)/p+1/b48-17+,56-54+. The number of unbranched alkanes of at least 4 members (excludes halogenated alkanes) is 44. The van der Waals surface area contributed by atoms with E-state index in [-0.39, 0.29) is 19.1 Å². The van der Waals surface area contributed by atoms with E-state index in [4.69, 9.17) is 9.05 Å². The van der Waals surface area contributed by atoms with Crippen molar-refractivity contribution in [2.75, 3.05) is 40.9 Å². The van der Waals surface area contributed by atoms with Crippen molar-refractivity contribution < 1.29 is 32.9 Å². The molecule has 0 aromatic heterocycles. The third-order valence-corrected chi connectivity index (χ3v) is 15.7. The fraction of sp³-hybridized carbons (Fsp3) is 0.921. The molecule has 0 aliphatic carbocycles. The quantitative estimate of drug-likeness (QED) is 0.0243. The fourth-order valence-electron chi connectivity index (χ4n) is 9.71. The number of hydrogen-bond donors (Lipinski definition) is 3. The molecule has 0 aromatic rings. The summed E-state index contributed by atoms with van der Waals surface area (Å²) in [4.78, 5) is 23.2. The minimum Gasteiger partial charge on any atom is -0.387 e. The van der Waals surface area contributed by atoms with Gasteiger partial charge in [0.1, 0.15) is 13.2 Å². The van der Waals surface area contributed by atoms with E-state index >= 15 is 0 Å². The van der Waals surface area contributed by atoms with E-state index in [9.17, 15) is 19.4 Å². The van der Waals surface area contributed by atoms with Crippen molar-refractivity contribution in [3.05, 3.63) is 24.3 Å². The number of phosphoric ester groups is 1. The summed E-state index contributed by atoms with van der Waals surface area (Å²) in [5.74, 6) is -0.183. The number of phosphoric acid groups is 1. The van der Waals surface area contributed by atoms with Gasteiger partial charge in [0.25, 0.3) is 0 Å². The van der Waals surface area contributed by atoms with E-state index in [1.165, 1.54) is 263 Å². The van der Waals surface area contributed by atoms with Gasteiger partial charge in [-0.3, -0.25) is 13.8 Å². The summed E-state index contributed by atoms with van der Waals surface area (Å²) in [6.45, 7) is 4.79. The zero-order valence-electron chi connectivity index (χ0n) is 48.9. The van der Waals surface area contributed by atoms with Gasteiger partial charge in [0.05, 0.1) is 39.9 Å². The Morgan fingerprint density at radius 3 is 1.11 bits per heavy atom. The predicted octanol–water partition coefficient (Wildman–Crippen LogP) is 19.5. The minimum absolute atomic E-state index is 0.0582. The van der Waals surface area contributed by atoms with Gasteiger partial charge >= 0.3 is 7.82 Å². The number of rotatable bonds is 59. The van der Waals surface area contributed by atoms with Crippen LogP contribution >= 0.6 is 7.82 Å². The van der Waals surface area contributed by atoms with E-state index < -0.39 is 20.0 Å². The Labute approximate surface area is 449 Å². The minimum atomic E-state index is -4.34. The van der Waals surface area contributed by atoms with Crippen LogP contribution in [0.1, 0.15) is 322 Å². The molecule has 0 aliphatic rings. The lowest BCUT2D eigenvalue weighted by atomic mass is 10.0. The maximum atomic E-state index is 12.9. The van der Waals surface area contributed by atoms with Crippen LogP contribution in [0.3, 0.4) is 0 Å². The molecule has 0 radical (unpaired) electrons. The van der Waals surface area contributed by atoms with E-state index in [0.29, 0.717) is 17.4 Å². The Morgan fingerprint density at radius 2 is 0.764 bits per heavy atom. The van der Waals surface area contributed by atoms with Crippen LogP contribution in [-0.4, -0.2) is 73.4 Å². The van der Waals surface area contributed by atoms with Crippen molar-refractivity contribution in [3.8, 4) is 0 Å². The molecular weight excluding hydrogens is 912 g/mol. The third kappa shape index (κ3) is 56.7. The first-order valence-corrected chi connectivity index (χ1v) is 33.2. The maximum absolute atomic E-state index is 12.9. The van der Waals surface area contributed by atoms with Crippen molar-refractivity contribution >= 4 is 13.7 Å².